The van der Waals surface area contributed by atoms with Crippen molar-refractivity contribution in [2.75, 3.05) is 31.5 Å². The molecule has 1 aromatic rings. The predicted octanol–water partition coefficient (Wildman–Crippen LogP) is 1.05. The molecule has 0 aromatic heterocycles. The summed E-state index contributed by atoms with van der Waals surface area (Å²) in [6, 6.07) is 8.24. The second-order valence-electron chi connectivity index (χ2n) is 4.76. The summed E-state index contributed by atoms with van der Waals surface area (Å²) >= 11 is 0. The average molecular weight is 313 g/mol. The Kier molecular flexibility index (Phi) is 6.98. The van der Waals surface area contributed by atoms with Gasteiger partial charge < -0.3 is 20.9 Å². The summed E-state index contributed by atoms with van der Waals surface area (Å²) < 4.78 is 0. The molecule has 1 aromatic carbocycles. The SMILES string of the molecule is CC(NC(=O)Nc1ccccc1)C(=O)N1CCNCC1.Cl. The van der Waals surface area contributed by atoms with Gasteiger partial charge in [0.15, 0.2) is 0 Å². The lowest BCUT2D eigenvalue weighted by molar-refractivity contribution is -0.133. The van der Waals surface area contributed by atoms with Crippen molar-refractivity contribution in [3.05, 3.63) is 30.3 Å². The van der Waals surface area contributed by atoms with E-state index in [-0.39, 0.29) is 24.3 Å². The van der Waals surface area contributed by atoms with Crippen molar-refractivity contribution in [3.63, 3.8) is 0 Å². The Balaban J connectivity index is 0.00000220. The first-order valence-electron chi connectivity index (χ1n) is 6.79. The van der Waals surface area contributed by atoms with Gasteiger partial charge in [-0.05, 0) is 19.1 Å². The lowest BCUT2D eigenvalue weighted by Gasteiger charge is -2.30. The topological polar surface area (TPSA) is 73.5 Å². The van der Waals surface area contributed by atoms with Gasteiger partial charge in [0.05, 0.1) is 0 Å². The molecule has 116 valence electrons. The maximum atomic E-state index is 12.1. The van der Waals surface area contributed by atoms with Gasteiger partial charge in [-0.1, -0.05) is 18.2 Å². The molecule has 0 saturated carbocycles. The number of rotatable bonds is 3. The Morgan fingerprint density at radius 1 is 1.19 bits per heavy atom. The molecule has 21 heavy (non-hydrogen) atoms. The highest BCUT2D eigenvalue weighted by Gasteiger charge is 2.23. The van der Waals surface area contributed by atoms with E-state index in [0.29, 0.717) is 18.8 Å². The minimum Gasteiger partial charge on any atom is -0.338 e. The Bertz CT molecular complexity index is 463. The Hall–Kier alpha value is -1.79. The number of halogens is 1. The normalized spacial score (nSPS) is 15.6. The van der Waals surface area contributed by atoms with E-state index in [1.807, 2.05) is 18.2 Å². The van der Waals surface area contributed by atoms with Gasteiger partial charge in [-0.15, -0.1) is 12.4 Å². The number of nitrogens with one attached hydrogen (secondary N) is 3. The monoisotopic (exact) mass is 312 g/mol. The number of carbonyl (C=O) groups excluding carboxylic acids is 2. The highest BCUT2D eigenvalue weighted by Crippen LogP contribution is 2.05. The molecule has 3 N–H and O–H groups in total. The van der Waals surface area contributed by atoms with Gasteiger partial charge in [-0.25, -0.2) is 4.79 Å². The molecule has 2 rings (SSSR count). The fourth-order valence-corrected chi connectivity index (χ4v) is 2.11. The number of para-hydroxylation sites is 1. The summed E-state index contributed by atoms with van der Waals surface area (Å²) in [5.41, 5.74) is 0.701. The Morgan fingerprint density at radius 3 is 2.43 bits per heavy atom. The van der Waals surface area contributed by atoms with E-state index in [0.717, 1.165) is 13.1 Å². The number of anilines is 1. The maximum Gasteiger partial charge on any atom is 0.319 e. The fourth-order valence-electron chi connectivity index (χ4n) is 2.11. The van der Waals surface area contributed by atoms with Crippen LogP contribution in [0.1, 0.15) is 6.92 Å². The van der Waals surface area contributed by atoms with Crippen LogP contribution in [0.4, 0.5) is 10.5 Å². The van der Waals surface area contributed by atoms with Crippen molar-refractivity contribution in [3.8, 4) is 0 Å². The van der Waals surface area contributed by atoms with Gasteiger partial charge >= 0.3 is 6.03 Å². The zero-order valence-electron chi connectivity index (χ0n) is 12.0. The molecule has 0 aliphatic carbocycles. The van der Waals surface area contributed by atoms with E-state index in [9.17, 15) is 9.59 Å². The summed E-state index contributed by atoms with van der Waals surface area (Å²) in [4.78, 5) is 25.7. The number of nitrogens with zero attached hydrogens (tertiary/aromatic N) is 1. The third-order valence-electron chi connectivity index (χ3n) is 3.18. The molecule has 1 atom stereocenters. The zero-order chi connectivity index (χ0) is 14.4. The van der Waals surface area contributed by atoms with Gasteiger partial charge in [-0.2, -0.15) is 0 Å². The second kappa shape index (κ2) is 8.49. The molecule has 7 heteroatoms. The summed E-state index contributed by atoms with van der Waals surface area (Å²) in [6.07, 6.45) is 0. The predicted molar refractivity (Wildman–Crippen MR) is 84.8 cm³/mol. The Labute approximate surface area is 130 Å². The summed E-state index contributed by atoms with van der Waals surface area (Å²) in [5, 5.41) is 8.55. The molecule has 1 aliphatic heterocycles. The van der Waals surface area contributed by atoms with E-state index in [1.165, 1.54) is 0 Å². The van der Waals surface area contributed by atoms with Crippen LogP contribution in [0.15, 0.2) is 30.3 Å². The first-order valence-corrected chi connectivity index (χ1v) is 6.79. The van der Waals surface area contributed by atoms with Crippen LogP contribution in [0.2, 0.25) is 0 Å². The van der Waals surface area contributed by atoms with E-state index in [1.54, 1.807) is 24.0 Å². The molecule has 6 nitrogen and oxygen atoms in total. The number of hydrogen-bond donors (Lipinski definition) is 3. The van der Waals surface area contributed by atoms with Crippen LogP contribution in [-0.4, -0.2) is 49.1 Å². The highest BCUT2D eigenvalue weighted by molar-refractivity contribution is 5.93. The van der Waals surface area contributed by atoms with Crippen molar-refractivity contribution in [1.82, 2.24) is 15.5 Å². The number of carbonyl (C=O) groups is 2. The number of piperazine rings is 1. The smallest absolute Gasteiger partial charge is 0.319 e. The van der Waals surface area contributed by atoms with E-state index < -0.39 is 6.04 Å². The zero-order valence-corrected chi connectivity index (χ0v) is 12.8. The number of hydrogen-bond acceptors (Lipinski definition) is 3. The largest absolute Gasteiger partial charge is 0.338 e. The molecule has 1 unspecified atom stereocenters. The van der Waals surface area contributed by atoms with E-state index >= 15 is 0 Å². The van der Waals surface area contributed by atoms with Crippen LogP contribution >= 0.6 is 12.4 Å². The van der Waals surface area contributed by atoms with Crippen LogP contribution in [0, 0.1) is 0 Å². The van der Waals surface area contributed by atoms with Crippen LogP contribution in [-0.2, 0) is 4.79 Å². The van der Waals surface area contributed by atoms with Crippen LogP contribution in [0.25, 0.3) is 0 Å². The molecule has 0 spiro atoms. The second-order valence-corrected chi connectivity index (χ2v) is 4.76. The third kappa shape index (κ3) is 5.24. The third-order valence-corrected chi connectivity index (χ3v) is 3.18. The molecule has 0 bridgehead atoms. The van der Waals surface area contributed by atoms with E-state index in [2.05, 4.69) is 16.0 Å². The van der Waals surface area contributed by atoms with E-state index in [4.69, 9.17) is 0 Å². The molecule has 0 radical (unpaired) electrons. The Morgan fingerprint density at radius 2 is 1.81 bits per heavy atom. The number of amides is 3. The highest BCUT2D eigenvalue weighted by atomic mass is 35.5. The number of benzene rings is 1. The van der Waals surface area contributed by atoms with Crippen molar-refractivity contribution < 1.29 is 9.59 Å². The van der Waals surface area contributed by atoms with Crippen molar-refractivity contribution in [1.29, 1.82) is 0 Å². The molecular formula is C14H21ClN4O2. The average Bonchev–Trinajstić information content (AvgIpc) is 2.48. The standard InChI is InChI=1S/C14H20N4O2.ClH/c1-11(13(19)18-9-7-15-8-10-18)16-14(20)17-12-5-3-2-4-6-12;/h2-6,11,15H,7-10H2,1H3,(H2,16,17,20);1H. The van der Waals surface area contributed by atoms with Gasteiger partial charge in [0, 0.05) is 31.9 Å². The minimum atomic E-state index is -0.531. The quantitative estimate of drug-likeness (QED) is 0.781. The maximum absolute atomic E-state index is 12.1. The molecule has 1 saturated heterocycles. The lowest BCUT2D eigenvalue weighted by atomic mass is 10.2. The lowest BCUT2D eigenvalue weighted by Crippen LogP contribution is -2.53. The summed E-state index contributed by atoms with van der Waals surface area (Å²) in [6.45, 7) is 4.68. The van der Waals surface area contributed by atoms with Crippen molar-refractivity contribution in [2.45, 2.75) is 13.0 Å². The van der Waals surface area contributed by atoms with Crippen LogP contribution in [0.3, 0.4) is 0 Å². The summed E-state index contributed by atoms with van der Waals surface area (Å²) in [7, 11) is 0. The van der Waals surface area contributed by atoms with Crippen LogP contribution < -0.4 is 16.0 Å². The first-order chi connectivity index (χ1) is 9.66. The molecule has 1 aliphatic rings. The summed E-state index contributed by atoms with van der Waals surface area (Å²) in [5.74, 6) is -0.0466. The van der Waals surface area contributed by atoms with Crippen molar-refractivity contribution in [2.24, 2.45) is 0 Å². The van der Waals surface area contributed by atoms with Gasteiger partial charge in [-0.3, -0.25) is 4.79 Å². The van der Waals surface area contributed by atoms with Crippen LogP contribution in [0.5, 0.6) is 0 Å². The number of urea groups is 1. The van der Waals surface area contributed by atoms with Gasteiger partial charge in [0.2, 0.25) is 5.91 Å². The van der Waals surface area contributed by atoms with Gasteiger partial charge in [0.25, 0.3) is 0 Å². The first kappa shape index (κ1) is 17.3. The molecular weight excluding hydrogens is 292 g/mol. The molecule has 1 fully saturated rings. The molecule has 1 heterocycles. The molecule has 3 amide bonds. The van der Waals surface area contributed by atoms with Crippen molar-refractivity contribution >= 4 is 30.0 Å². The fraction of sp³-hybridized carbons (Fsp3) is 0.429. The van der Waals surface area contributed by atoms with Gasteiger partial charge in [0.1, 0.15) is 6.04 Å². The minimum absolute atomic E-state index is 0.